The van der Waals surface area contributed by atoms with E-state index in [9.17, 15) is 4.79 Å². The van der Waals surface area contributed by atoms with E-state index in [0.29, 0.717) is 6.54 Å². The third-order valence-corrected chi connectivity index (χ3v) is 5.15. The predicted octanol–water partition coefficient (Wildman–Crippen LogP) is 3.32. The van der Waals surface area contributed by atoms with Crippen LogP contribution in [0.15, 0.2) is 30.9 Å². The summed E-state index contributed by atoms with van der Waals surface area (Å²) in [6, 6.07) is 6.64. The summed E-state index contributed by atoms with van der Waals surface area (Å²) >= 11 is 0. The van der Waals surface area contributed by atoms with Gasteiger partial charge in [-0.15, -0.1) is 0 Å². The second-order valence-electron chi connectivity index (χ2n) is 6.83. The van der Waals surface area contributed by atoms with E-state index in [-0.39, 0.29) is 5.91 Å². The SMILES string of the molecule is C=CC(=O)N(CCCN(CC)CC)Cc1ccc2c(c1)CCCN2C. The standard InChI is InChI=1S/C21H33N3O/c1-5-21(25)24(15-9-14-23(6-2)7-3)17-18-11-12-20-19(16-18)10-8-13-22(20)4/h5,11-12,16H,1,6-10,13-15,17H2,2-4H3. The largest absolute Gasteiger partial charge is 0.374 e. The number of hydrogen-bond donors (Lipinski definition) is 0. The Kier molecular flexibility index (Phi) is 7.51. The van der Waals surface area contributed by atoms with Gasteiger partial charge in [-0.2, -0.15) is 0 Å². The summed E-state index contributed by atoms with van der Waals surface area (Å²) < 4.78 is 0. The molecule has 1 aromatic carbocycles. The first-order valence-electron chi connectivity index (χ1n) is 9.55. The molecule has 1 amide bonds. The van der Waals surface area contributed by atoms with Crippen LogP contribution in [0.25, 0.3) is 0 Å². The zero-order valence-electron chi connectivity index (χ0n) is 16.1. The van der Waals surface area contributed by atoms with Gasteiger partial charge in [0.05, 0.1) is 0 Å². The molecule has 0 N–H and O–H groups in total. The third-order valence-electron chi connectivity index (χ3n) is 5.15. The van der Waals surface area contributed by atoms with Gasteiger partial charge in [0.25, 0.3) is 0 Å². The third kappa shape index (κ3) is 5.33. The molecule has 1 aliphatic rings. The van der Waals surface area contributed by atoms with E-state index in [2.05, 4.69) is 55.5 Å². The van der Waals surface area contributed by atoms with E-state index in [1.165, 1.54) is 29.3 Å². The van der Waals surface area contributed by atoms with E-state index in [1.54, 1.807) is 0 Å². The average Bonchev–Trinajstić information content (AvgIpc) is 2.63. The number of anilines is 1. The van der Waals surface area contributed by atoms with Crippen LogP contribution >= 0.6 is 0 Å². The summed E-state index contributed by atoms with van der Waals surface area (Å²) in [5.41, 5.74) is 3.95. The quantitative estimate of drug-likeness (QED) is 0.644. The van der Waals surface area contributed by atoms with Crippen molar-refractivity contribution in [2.45, 2.75) is 39.7 Å². The molecule has 138 valence electrons. The molecule has 1 aromatic rings. The van der Waals surface area contributed by atoms with Gasteiger partial charge in [0, 0.05) is 32.4 Å². The Balaban J connectivity index is 2.01. The van der Waals surface area contributed by atoms with Crippen LogP contribution in [0.5, 0.6) is 0 Å². The zero-order chi connectivity index (χ0) is 18.2. The summed E-state index contributed by atoms with van der Waals surface area (Å²) in [5.74, 6) is 0.0226. The van der Waals surface area contributed by atoms with Crippen molar-refractivity contribution >= 4 is 11.6 Å². The highest BCUT2D eigenvalue weighted by atomic mass is 16.2. The minimum Gasteiger partial charge on any atom is -0.374 e. The van der Waals surface area contributed by atoms with Crippen LogP contribution in [0.2, 0.25) is 0 Å². The molecule has 25 heavy (non-hydrogen) atoms. The van der Waals surface area contributed by atoms with Gasteiger partial charge in [-0.3, -0.25) is 4.79 Å². The van der Waals surface area contributed by atoms with Gasteiger partial charge < -0.3 is 14.7 Å². The number of aryl methyl sites for hydroxylation is 1. The Bertz CT molecular complexity index is 581. The number of fused-ring (bicyclic) bond motifs is 1. The minimum absolute atomic E-state index is 0.0226. The van der Waals surface area contributed by atoms with Crippen molar-refractivity contribution in [3.8, 4) is 0 Å². The normalized spacial score (nSPS) is 13.7. The van der Waals surface area contributed by atoms with Crippen LogP contribution in [0.4, 0.5) is 5.69 Å². The maximum atomic E-state index is 12.3. The first kappa shape index (κ1) is 19.5. The van der Waals surface area contributed by atoms with Crippen molar-refractivity contribution < 1.29 is 4.79 Å². The fourth-order valence-electron chi connectivity index (χ4n) is 3.58. The van der Waals surface area contributed by atoms with Crippen molar-refractivity contribution in [1.29, 1.82) is 0 Å². The number of rotatable bonds is 9. The lowest BCUT2D eigenvalue weighted by molar-refractivity contribution is -0.126. The summed E-state index contributed by atoms with van der Waals surface area (Å²) in [6.07, 6.45) is 4.76. The Labute approximate surface area is 153 Å². The molecule has 0 aliphatic carbocycles. The predicted molar refractivity (Wildman–Crippen MR) is 106 cm³/mol. The molecule has 4 heteroatoms. The maximum absolute atomic E-state index is 12.3. The second kappa shape index (κ2) is 9.62. The molecular weight excluding hydrogens is 310 g/mol. The average molecular weight is 344 g/mol. The maximum Gasteiger partial charge on any atom is 0.246 e. The van der Waals surface area contributed by atoms with Gasteiger partial charge >= 0.3 is 0 Å². The van der Waals surface area contributed by atoms with Gasteiger partial charge in [-0.05, 0) is 62.2 Å². The lowest BCUT2D eigenvalue weighted by Gasteiger charge is -2.29. The van der Waals surface area contributed by atoms with Gasteiger partial charge in [-0.25, -0.2) is 0 Å². The van der Waals surface area contributed by atoms with Gasteiger partial charge in [0.1, 0.15) is 0 Å². The lowest BCUT2D eigenvalue weighted by Crippen LogP contribution is -2.33. The molecule has 2 rings (SSSR count). The molecule has 1 heterocycles. The number of benzene rings is 1. The number of hydrogen-bond acceptors (Lipinski definition) is 3. The molecule has 0 bridgehead atoms. The van der Waals surface area contributed by atoms with E-state index in [1.807, 2.05) is 4.90 Å². The van der Waals surface area contributed by atoms with Crippen molar-refractivity contribution in [2.24, 2.45) is 0 Å². The molecule has 0 spiro atoms. The molecular formula is C21H33N3O. The fraction of sp³-hybridized carbons (Fsp3) is 0.571. The highest BCUT2D eigenvalue weighted by Crippen LogP contribution is 2.27. The Morgan fingerprint density at radius 2 is 2.04 bits per heavy atom. The van der Waals surface area contributed by atoms with Crippen LogP contribution in [-0.2, 0) is 17.8 Å². The lowest BCUT2D eigenvalue weighted by atomic mass is 9.99. The summed E-state index contributed by atoms with van der Waals surface area (Å²) in [4.78, 5) is 18.9. The van der Waals surface area contributed by atoms with Gasteiger partial charge in [0.2, 0.25) is 5.91 Å². The number of nitrogens with zero attached hydrogens (tertiary/aromatic N) is 3. The monoisotopic (exact) mass is 343 g/mol. The smallest absolute Gasteiger partial charge is 0.246 e. The van der Waals surface area contributed by atoms with E-state index in [0.717, 1.165) is 45.6 Å². The first-order valence-corrected chi connectivity index (χ1v) is 9.55. The Morgan fingerprint density at radius 3 is 2.72 bits per heavy atom. The highest BCUT2D eigenvalue weighted by molar-refractivity contribution is 5.87. The van der Waals surface area contributed by atoms with E-state index in [4.69, 9.17) is 0 Å². The van der Waals surface area contributed by atoms with Gasteiger partial charge in [-0.1, -0.05) is 32.6 Å². The molecule has 0 unspecified atom stereocenters. The van der Waals surface area contributed by atoms with Crippen LogP contribution in [-0.4, -0.2) is 55.5 Å². The highest BCUT2D eigenvalue weighted by Gasteiger charge is 2.16. The van der Waals surface area contributed by atoms with Crippen LogP contribution in [0.1, 0.15) is 37.8 Å². The van der Waals surface area contributed by atoms with Gasteiger partial charge in [0.15, 0.2) is 0 Å². The molecule has 0 fully saturated rings. The van der Waals surface area contributed by atoms with Crippen LogP contribution in [0, 0.1) is 0 Å². The number of carbonyl (C=O) groups is 1. The fourth-order valence-corrected chi connectivity index (χ4v) is 3.58. The van der Waals surface area contributed by atoms with Crippen molar-refractivity contribution in [2.75, 3.05) is 44.7 Å². The number of amides is 1. The van der Waals surface area contributed by atoms with E-state index < -0.39 is 0 Å². The first-order chi connectivity index (χ1) is 12.1. The molecule has 0 aromatic heterocycles. The zero-order valence-corrected chi connectivity index (χ0v) is 16.1. The van der Waals surface area contributed by atoms with Crippen molar-refractivity contribution in [3.63, 3.8) is 0 Å². The molecule has 1 aliphatic heterocycles. The van der Waals surface area contributed by atoms with Crippen molar-refractivity contribution in [3.05, 3.63) is 42.0 Å². The second-order valence-corrected chi connectivity index (χ2v) is 6.83. The Hall–Kier alpha value is -1.81. The summed E-state index contributed by atoms with van der Waals surface area (Å²) in [5, 5.41) is 0. The Morgan fingerprint density at radius 1 is 1.28 bits per heavy atom. The summed E-state index contributed by atoms with van der Waals surface area (Å²) in [6.45, 7) is 13.7. The number of carbonyl (C=O) groups excluding carboxylic acids is 1. The minimum atomic E-state index is 0.0226. The molecule has 4 nitrogen and oxygen atoms in total. The topological polar surface area (TPSA) is 26.8 Å². The molecule has 0 saturated heterocycles. The van der Waals surface area contributed by atoms with Crippen LogP contribution < -0.4 is 4.90 Å². The van der Waals surface area contributed by atoms with Crippen molar-refractivity contribution in [1.82, 2.24) is 9.80 Å². The molecule has 0 radical (unpaired) electrons. The summed E-state index contributed by atoms with van der Waals surface area (Å²) in [7, 11) is 2.15. The molecule has 0 atom stereocenters. The van der Waals surface area contributed by atoms with E-state index >= 15 is 0 Å². The van der Waals surface area contributed by atoms with Crippen LogP contribution in [0.3, 0.4) is 0 Å². The molecule has 0 saturated carbocycles.